The van der Waals surface area contributed by atoms with E-state index in [1.165, 1.54) is 15.8 Å². The predicted molar refractivity (Wildman–Crippen MR) is 83.5 cm³/mol. The largest absolute Gasteiger partial charge is 0.294 e. The molecular formula is C18H14OS. The van der Waals surface area contributed by atoms with Gasteiger partial charge in [0.1, 0.15) is 0 Å². The fourth-order valence-electron chi connectivity index (χ4n) is 3.13. The monoisotopic (exact) mass is 278 g/mol. The number of Topliss-reactive ketones (excluding diaryl/α,β-unsaturated/α-hetero) is 1. The highest BCUT2D eigenvalue weighted by atomic mass is 32.1. The molecule has 1 aliphatic carbocycles. The van der Waals surface area contributed by atoms with Crippen LogP contribution in [-0.4, -0.2) is 5.78 Å². The Bertz CT molecular complexity index is 775. The number of thiophene rings is 1. The van der Waals surface area contributed by atoms with Crippen LogP contribution in [-0.2, 0) is 12.8 Å². The summed E-state index contributed by atoms with van der Waals surface area (Å²) in [5.41, 5.74) is 3.58. The van der Waals surface area contributed by atoms with E-state index in [1.54, 1.807) is 11.3 Å². The summed E-state index contributed by atoms with van der Waals surface area (Å²) in [7, 11) is 0. The van der Waals surface area contributed by atoms with E-state index in [0.717, 1.165) is 23.8 Å². The van der Waals surface area contributed by atoms with Crippen LogP contribution in [0.2, 0.25) is 0 Å². The van der Waals surface area contributed by atoms with E-state index in [9.17, 15) is 4.79 Å². The first kappa shape index (κ1) is 11.9. The lowest BCUT2D eigenvalue weighted by molar-refractivity contribution is 0.0927. The minimum Gasteiger partial charge on any atom is -0.294 e. The third kappa shape index (κ3) is 1.80. The molecule has 0 saturated carbocycles. The standard InChI is InChI=1S/C18H14OS/c19-18(14-9-12-5-1-2-6-13(12)10-14)16-11-20-17-8-4-3-7-15(16)17/h1-8,11,14H,9-10H2. The Kier molecular flexibility index (Phi) is 2.71. The number of carbonyl (C=O) groups is 1. The Hall–Kier alpha value is -1.93. The van der Waals surface area contributed by atoms with E-state index in [4.69, 9.17) is 0 Å². The first-order chi connectivity index (χ1) is 9.83. The lowest BCUT2D eigenvalue weighted by atomic mass is 9.95. The zero-order chi connectivity index (χ0) is 13.5. The molecular weight excluding hydrogens is 264 g/mol. The van der Waals surface area contributed by atoms with Crippen LogP contribution in [0.4, 0.5) is 0 Å². The first-order valence-electron chi connectivity index (χ1n) is 6.90. The molecule has 1 heterocycles. The van der Waals surface area contributed by atoms with E-state index < -0.39 is 0 Å². The minimum absolute atomic E-state index is 0.116. The average Bonchev–Trinajstić information content (AvgIpc) is 3.10. The van der Waals surface area contributed by atoms with Gasteiger partial charge in [0.25, 0.3) is 0 Å². The van der Waals surface area contributed by atoms with Crippen molar-refractivity contribution in [2.75, 3.05) is 0 Å². The molecule has 98 valence electrons. The predicted octanol–water partition coefficient (Wildman–Crippen LogP) is 4.50. The second-order valence-electron chi connectivity index (χ2n) is 5.38. The molecule has 0 unspecified atom stereocenters. The van der Waals surface area contributed by atoms with E-state index in [-0.39, 0.29) is 5.92 Å². The van der Waals surface area contributed by atoms with Crippen LogP contribution in [0.25, 0.3) is 10.1 Å². The maximum Gasteiger partial charge on any atom is 0.168 e. The molecule has 1 nitrogen and oxygen atoms in total. The molecule has 3 aromatic rings. The molecule has 0 spiro atoms. The number of carbonyl (C=O) groups excluding carboxylic acids is 1. The maximum atomic E-state index is 12.8. The summed E-state index contributed by atoms with van der Waals surface area (Å²) in [6.07, 6.45) is 1.78. The van der Waals surface area contributed by atoms with Gasteiger partial charge < -0.3 is 0 Å². The van der Waals surface area contributed by atoms with Gasteiger partial charge in [-0.15, -0.1) is 11.3 Å². The normalized spacial score (nSPS) is 14.6. The van der Waals surface area contributed by atoms with Gasteiger partial charge in [0.15, 0.2) is 5.78 Å². The quantitative estimate of drug-likeness (QED) is 0.631. The van der Waals surface area contributed by atoms with Crippen molar-refractivity contribution in [1.82, 2.24) is 0 Å². The fraction of sp³-hybridized carbons (Fsp3) is 0.167. The van der Waals surface area contributed by atoms with Crippen molar-refractivity contribution in [3.05, 3.63) is 70.6 Å². The molecule has 1 aromatic heterocycles. The van der Waals surface area contributed by atoms with Crippen LogP contribution in [0.15, 0.2) is 53.9 Å². The van der Waals surface area contributed by atoms with E-state index in [1.807, 2.05) is 17.5 Å². The molecule has 0 N–H and O–H groups in total. The minimum atomic E-state index is 0.116. The highest BCUT2D eigenvalue weighted by molar-refractivity contribution is 7.17. The Labute approximate surface area is 121 Å². The van der Waals surface area contributed by atoms with Crippen LogP contribution in [0.1, 0.15) is 21.5 Å². The molecule has 1 aliphatic rings. The van der Waals surface area contributed by atoms with E-state index >= 15 is 0 Å². The van der Waals surface area contributed by atoms with Gasteiger partial charge in [0.2, 0.25) is 0 Å². The molecule has 2 heteroatoms. The van der Waals surface area contributed by atoms with Crippen LogP contribution < -0.4 is 0 Å². The van der Waals surface area contributed by atoms with Crippen molar-refractivity contribution in [2.24, 2.45) is 5.92 Å². The molecule has 4 rings (SSSR count). The third-order valence-corrected chi connectivity index (χ3v) is 5.13. The summed E-state index contributed by atoms with van der Waals surface area (Å²) in [5, 5.41) is 3.13. The molecule has 0 aliphatic heterocycles. The lowest BCUT2D eigenvalue weighted by Gasteiger charge is -2.06. The fourth-order valence-corrected chi connectivity index (χ4v) is 4.08. The molecule has 0 atom stereocenters. The number of rotatable bonds is 2. The summed E-state index contributed by atoms with van der Waals surface area (Å²) in [4.78, 5) is 12.8. The molecule has 0 radical (unpaired) electrons. The van der Waals surface area contributed by atoms with Gasteiger partial charge in [-0.2, -0.15) is 0 Å². The summed E-state index contributed by atoms with van der Waals surface area (Å²) in [6, 6.07) is 16.6. The van der Waals surface area contributed by atoms with Gasteiger partial charge in [-0.1, -0.05) is 42.5 Å². The van der Waals surface area contributed by atoms with Gasteiger partial charge in [-0.05, 0) is 30.0 Å². The van der Waals surface area contributed by atoms with Crippen molar-refractivity contribution < 1.29 is 4.79 Å². The molecule has 0 amide bonds. The SMILES string of the molecule is O=C(c1csc2ccccc12)C1Cc2ccccc2C1. The van der Waals surface area contributed by atoms with Gasteiger partial charge >= 0.3 is 0 Å². The van der Waals surface area contributed by atoms with Crippen molar-refractivity contribution in [3.8, 4) is 0 Å². The Morgan fingerprint density at radius 2 is 1.60 bits per heavy atom. The van der Waals surface area contributed by atoms with Crippen molar-refractivity contribution >= 4 is 27.2 Å². The Balaban J connectivity index is 1.69. The van der Waals surface area contributed by atoms with Gasteiger partial charge in [0, 0.05) is 26.9 Å². The second-order valence-corrected chi connectivity index (χ2v) is 6.29. The van der Waals surface area contributed by atoms with Gasteiger partial charge in [0.05, 0.1) is 0 Å². The maximum absolute atomic E-state index is 12.8. The van der Waals surface area contributed by atoms with Crippen LogP contribution in [0.3, 0.4) is 0 Å². The molecule has 0 saturated heterocycles. The lowest BCUT2D eigenvalue weighted by Crippen LogP contribution is -2.14. The number of ketones is 1. The number of benzene rings is 2. The van der Waals surface area contributed by atoms with Crippen molar-refractivity contribution in [3.63, 3.8) is 0 Å². The van der Waals surface area contributed by atoms with Gasteiger partial charge in [-0.3, -0.25) is 4.79 Å². The number of fused-ring (bicyclic) bond motifs is 2. The smallest absolute Gasteiger partial charge is 0.168 e. The summed E-state index contributed by atoms with van der Waals surface area (Å²) in [6.45, 7) is 0. The Morgan fingerprint density at radius 3 is 2.35 bits per heavy atom. The third-order valence-electron chi connectivity index (χ3n) is 4.17. The summed E-state index contributed by atoms with van der Waals surface area (Å²) in [5.74, 6) is 0.420. The van der Waals surface area contributed by atoms with Gasteiger partial charge in [-0.25, -0.2) is 0 Å². The average molecular weight is 278 g/mol. The highest BCUT2D eigenvalue weighted by Gasteiger charge is 2.28. The van der Waals surface area contributed by atoms with Crippen LogP contribution in [0.5, 0.6) is 0 Å². The summed E-state index contributed by atoms with van der Waals surface area (Å²) < 4.78 is 1.20. The Morgan fingerprint density at radius 1 is 0.950 bits per heavy atom. The summed E-state index contributed by atoms with van der Waals surface area (Å²) >= 11 is 1.66. The molecule has 20 heavy (non-hydrogen) atoms. The van der Waals surface area contributed by atoms with Crippen LogP contribution in [0, 0.1) is 5.92 Å². The second kappa shape index (κ2) is 4.57. The van der Waals surface area contributed by atoms with Crippen LogP contribution >= 0.6 is 11.3 Å². The zero-order valence-electron chi connectivity index (χ0n) is 11.0. The molecule has 0 bridgehead atoms. The number of hydrogen-bond donors (Lipinski definition) is 0. The number of hydrogen-bond acceptors (Lipinski definition) is 2. The van der Waals surface area contributed by atoms with E-state index in [2.05, 4.69) is 36.4 Å². The topological polar surface area (TPSA) is 17.1 Å². The van der Waals surface area contributed by atoms with Crippen molar-refractivity contribution in [1.29, 1.82) is 0 Å². The van der Waals surface area contributed by atoms with Crippen molar-refractivity contribution in [2.45, 2.75) is 12.8 Å². The first-order valence-corrected chi connectivity index (χ1v) is 7.78. The molecule has 0 fully saturated rings. The van der Waals surface area contributed by atoms with E-state index in [0.29, 0.717) is 5.78 Å². The highest BCUT2D eigenvalue weighted by Crippen LogP contribution is 2.33. The molecule has 2 aromatic carbocycles. The zero-order valence-corrected chi connectivity index (χ0v) is 11.8.